The Morgan fingerprint density at radius 1 is 1.36 bits per heavy atom. The molecule has 3 heterocycles. The summed E-state index contributed by atoms with van der Waals surface area (Å²) in [6, 6.07) is 5.95. The summed E-state index contributed by atoms with van der Waals surface area (Å²) in [7, 11) is 1.31. The number of H-pyrrole nitrogens is 1. The molecular formula is C18H17N3O4. The Kier molecular flexibility index (Phi) is 3.38. The fourth-order valence-electron chi connectivity index (χ4n) is 3.42. The summed E-state index contributed by atoms with van der Waals surface area (Å²) in [6.45, 7) is 3.98. The van der Waals surface area contributed by atoms with Gasteiger partial charge < -0.3 is 14.5 Å². The van der Waals surface area contributed by atoms with Gasteiger partial charge >= 0.3 is 5.97 Å². The average molecular weight is 339 g/mol. The van der Waals surface area contributed by atoms with Crippen molar-refractivity contribution in [3.8, 4) is 0 Å². The summed E-state index contributed by atoms with van der Waals surface area (Å²) in [5.74, 6) is -0.0822. The Morgan fingerprint density at radius 2 is 2.16 bits per heavy atom. The molecule has 1 aromatic carbocycles. The fraction of sp³-hybridized carbons (Fsp3) is 0.278. The van der Waals surface area contributed by atoms with Crippen molar-refractivity contribution in [1.82, 2.24) is 10.2 Å². The highest BCUT2D eigenvalue weighted by Gasteiger charge is 2.37. The molecule has 1 amide bonds. The minimum absolute atomic E-state index is 0.170. The number of benzene rings is 1. The SMILES string of the molecule is COC(=O)c1[nH]nc2c1[C@@H](c1oc3ccc(C)cc3c1C)CC(=O)N2. The second-order valence-electron chi connectivity index (χ2n) is 6.25. The van der Waals surface area contributed by atoms with Crippen molar-refractivity contribution in [2.75, 3.05) is 12.4 Å². The van der Waals surface area contributed by atoms with Crippen molar-refractivity contribution in [2.45, 2.75) is 26.2 Å². The molecule has 128 valence electrons. The molecule has 0 radical (unpaired) electrons. The standard InChI is InChI=1S/C18H17N3O4/c1-8-4-5-12-10(6-8)9(2)16(25-12)11-7-13(22)19-17-14(11)15(20-21-17)18(23)24-3/h4-6,11H,7H2,1-3H3,(H2,19,20,21,22)/t11-/m0/s1. The van der Waals surface area contributed by atoms with Crippen molar-refractivity contribution >= 4 is 28.7 Å². The Labute approximate surface area is 143 Å². The molecule has 0 saturated carbocycles. The molecule has 1 aliphatic rings. The van der Waals surface area contributed by atoms with Gasteiger partial charge in [-0.25, -0.2) is 4.79 Å². The Bertz CT molecular complexity index is 1010. The van der Waals surface area contributed by atoms with Crippen molar-refractivity contribution in [1.29, 1.82) is 0 Å². The first-order valence-corrected chi connectivity index (χ1v) is 7.95. The summed E-state index contributed by atoms with van der Waals surface area (Å²) < 4.78 is 10.9. The smallest absolute Gasteiger partial charge is 0.356 e. The van der Waals surface area contributed by atoms with E-state index in [1.807, 2.05) is 26.0 Å². The van der Waals surface area contributed by atoms with Crippen molar-refractivity contribution < 1.29 is 18.7 Å². The predicted molar refractivity (Wildman–Crippen MR) is 90.7 cm³/mol. The lowest BCUT2D eigenvalue weighted by atomic mass is 9.87. The van der Waals surface area contributed by atoms with Crippen LogP contribution in [0.4, 0.5) is 5.82 Å². The van der Waals surface area contributed by atoms with Gasteiger partial charge in [0.05, 0.1) is 13.0 Å². The molecule has 7 heteroatoms. The van der Waals surface area contributed by atoms with Gasteiger partial charge in [-0.2, -0.15) is 5.10 Å². The van der Waals surface area contributed by atoms with Crippen LogP contribution < -0.4 is 5.32 Å². The van der Waals surface area contributed by atoms with Crippen LogP contribution in [0, 0.1) is 13.8 Å². The van der Waals surface area contributed by atoms with Crippen LogP contribution in [-0.2, 0) is 9.53 Å². The van der Waals surface area contributed by atoms with E-state index in [0.717, 1.165) is 22.1 Å². The Balaban J connectivity index is 1.92. The third kappa shape index (κ3) is 2.31. The van der Waals surface area contributed by atoms with E-state index in [1.54, 1.807) is 0 Å². The maximum atomic E-state index is 12.1. The number of methoxy groups -OCH3 is 1. The summed E-state index contributed by atoms with van der Waals surface area (Å²) in [5, 5.41) is 10.4. The number of aromatic amines is 1. The van der Waals surface area contributed by atoms with Gasteiger partial charge in [0, 0.05) is 17.4 Å². The molecule has 0 spiro atoms. The molecule has 2 N–H and O–H groups in total. The van der Waals surface area contributed by atoms with Crippen LogP contribution in [0.5, 0.6) is 0 Å². The highest BCUT2D eigenvalue weighted by atomic mass is 16.5. The Hall–Kier alpha value is -3.09. The van der Waals surface area contributed by atoms with E-state index in [9.17, 15) is 9.59 Å². The van der Waals surface area contributed by atoms with Gasteiger partial charge in [-0.05, 0) is 31.5 Å². The van der Waals surface area contributed by atoms with Crippen LogP contribution in [0.25, 0.3) is 11.0 Å². The number of rotatable bonds is 2. The lowest BCUT2D eigenvalue weighted by Gasteiger charge is -2.21. The van der Waals surface area contributed by atoms with Gasteiger partial charge in [-0.1, -0.05) is 11.6 Å². The molecule has 0 aliphatic carbocycles. The van der Waals surface area contributed by atoms with Crippen molar-refractivity contribution in [3.05, 3.63) is 46.3 Å². The minimum Gasteiger partial charge on any atom is -0.464 e. The molecule has 7 nitrogen and oxygen atoms in total. The lowest BCUT2D eigenvalue weighted by Crippen LogP contribution is -2.24. The van der Waals surface area contributed by atoms with Gasteiger partial charge in [-0.15, -0.1) is 0 Å². The second-order valence-corrected chi connectivity index (χ2v) is 6.25. The van der Waals surface area contributed by atoms with E-state index in [0.29, 0.717) is 17.1 Å². The summed E-state index contributed by atoms with van der Waals surface area (Å²) in [6.07, 6.45) is 0.177. The molecule has 4 rings (SSSR count). The highest BCUT2D eigenvalue weighted by Crippen LogP contribution is 2.42. The van der Waals surface area contributed by atoms with Crippen LogP contribution in [-0.4, -0.2) is 29.2 Å². The molecule has 25 heavy (non-hydrogen) atoms. The van der Waals surface area contributed by atoms with Gasteiger partial charge in [0.1, 0.15) is 17.0 Å². The molecule has 0 unspecified atom stereocenters. The van der Waals surface area contributed by atoms with Crippen LogP contribution in [0.1, 0.15) is 45.3 Å². The first-order chi connectivity index (χ1) is 12.0. The average Bonchev–Trinajstić information content (AvgIpc) is 3.15. The van der Waals surface area contributed by atoms with Crippen LogP contribution in [0.3, 0.4) is 0 Å². The normalized spacial score (nSPS) is 16.6. The number of esters is 1. The number of nitrogens with one attached hydrogen (secondary N) is 2. The van der Waals surface area contributed by atoms with Crippen LogP contribution >= 0.6 is 0 Å². The lowest BCUT2D eigenvalue weighted by molar-refractivity contribution is -0.116. The number of furan rings is 1. The number of carbonyl (C=O) groups is 2. The van der Waals surface area contributed by atoms with Gasteiger partial charge in [0.2, 0.25) is 5.91 Å². The maximum absolute atomic E-state index is 12.1. The van der Waals surface area contributed by atoms with Crippen LogP contribution in [0.2, 0.25) is 0 Å². The number of carbonyl (C=O) groups excluding carboxylic acids is 2. The summed E-state index contributed by atoms with van der Waals surface area (Å²) in [5.41, 5.74) is 3.68. The zero-order valence-corrected chi connectivity index (χ0v) is 14.1. The number of anilines is 1. The molecular weight excluding hydrogens is 322 g/mol. The number of nitrogens with zero attached hydrogens (tertiary/aromatic N) is 1. The zero-order chi connectivity index (χ0) is 17.7. The number of hydrogen-bond donors (Lipinski definition) is 2. The van der Waals surface area contributed by atoms with Crippen molar-refractivity contribution in [2.24, 2.45) is 0 Å². The maximum Gasteiger partial charge on any atom is 0.356 e. The molecule has 2 aromatic heterocycles. The number of ether oxygens (including phenoxy) is 1. The van der Waals surface area contributed by atoms with E-state index in [4.69, 9.17) is 9.15 Å². The molecule has 3 aromatic rings. The van der Waals surface area contributed by atoms with E-state index in [2.05, 4.69) is 21.6 Å². The van der Waals surface area contributed by atoms with Gasteiger partial charge in [0.15, 0.2) is 5.82 Å². The number of hydrogen-bond acceptors (Lipinski definition) is 5. The third-order valence-electron chi connectivity index (χ3n) is 4.63. The molecule has 1 atom stereocenters. The monoisotopic (exact) mass is 339 g/mol. The highest BCUT2D eigenvalue weighted by molar-refractivity contribution is 5.99. The predicted octanol–water partition coefficient (Wildman–Crippen LogP) is 3.03. The van der Waals surface area contributed by atoms with Gasteiger partial charge in [-0.3, -0.25) is 9.89 Å². The van der Waals surface area contributed by atoms with Gasteiger partial charge in [0.25, 0.3) is 0 Å². The topological polar surface area (TPSA) is 97.2 Å². The summed E-state index contributed by atoms with van der Waals surface area (Å²) >= 11 is 0. The fourth-order valence-corrected chi connectivity index (χ4v) is 3.42. The molecule has 1 aliphatic heterocycles. The Morgan fingerprint density at radius 3 is 2.92 bits per heavy atom. The number of fused-ring (bicyclic) bond motifs is 2. The molecule has 0 bridgehead atoms. The molecule has 0 saturated heterocycles. The largest absolute Gasteiger partial charge is 0.464 e. The molecule has 0 fully saturated rings. The zero-order valence-electron chi connectivity index (χ0n) is 14.1. The number of aryl methyl sites for hydroxylation is 2. The minimum atomic E-state index is -0.528. The first-order valence-electron chi connectivity index (χ1n) is 7.95. The number of amides is 1. The number of aromatic nitrogens is 2. The second kappa shape index (κ2) is 5.47. The quantitative estimate of drug-likeness (QED) is 0.700. The first kappa shape index (κ1) is 15.4. The van der Waals surface area contributed by atoms with E-state index in [-0.39, 0.29) is 18.0 Å². The van der Waals surface area contributed by atoms with E-state index >= 15 is 0 Å². The third-order valence-corrected chi connectivity index (χ3v) is 4.63. The van der Waals surface area contributed by atoms with E-state index < -0.39 is 11.9 Å². The van der Waals surface area contributed by atoms with Crippen LogP contribution in [0.15, 0.2) is 22.6 Å². The van der Waals surface area contributed by atoms with Crippen molar-refractivity contribution in [3.63, 3.8) is 0 Å². The van der Waals surface area contributed by atoms with E-state index in [1.165, 1.54) is 7.11 Å². The summed E-state index contributed by atoms with van der Waals surface area (Å²) in [4.78, 5) is 24.2.